The maximum Gasteiger partial charge on any atom is 0.337 e. The van der Waals surface area contributed by atoms with E-state index in [4.69, 9.17) is 4.74 Å². The maximum atomic E-state index is 13.5. The number of nitrogens with zero attached hydrogens (tertiary/aromatic N) is 2. The van der Waals surface area contributed by atoms with Gasteiger partial charge in [0, 0.05) is 5.56 Å². The average molecular weight is 406 g/mol. The van der Waals surface area contributed by atoms with Crippen molar-refractivity contribution in [2.24, 2.45) is 0 Å². The van der Waals surface area contributed by atoms with Gasteiger partial charge in [-0.2, -0.15) is 0 Å². The first-order valence-corrected chi connectivity index (χ1v) is 10.3. The summed E-state index contributed by atoms with van der Waals surface area (Å²) < 4.78 is 32.9. The lowest BCUT2D eigenvalue weighted by atomic mass is 10.1. The van der Waals surface area contributed by atoms with Gasteiger partial charge in [-0.3, -0.25) is 0 Å². The van der Waals surface area contributed by atoms with Gasteiger partial charge in [-0.15, -0.1) is 0 Å². The lowest BCUT2D eigenvalue weighted by Crippen LogP contribution is -2.14. The van der Waals surface area contributed by atoms with Crippen LogP contribution in [0.25, 0.3) is 22.4 Å². The predicted octanol–water partition coefficient (Wildman–Crippen LogP) is 4.04. The zero-order valence-corrected chi connectivity index (χ0v) is 16.7. The van der Waals surface area contributed by atoms with Crippen LogP contribution < -0.4 is 0 Å². The molecule has 29 heavy (non-hydrogen) atoms. The minimum atomic E-state index is -3.89. The van der Waals surface area contributed by atoms with Crippen LogP contribution in [0.5, 0.6) is 0 Å². The number of carbonyl (C=O) groups excluding carboxylic acids is 1. The first-order chi connectivity index (χ1) is 13.9. The zero-order chi connectivity index (χ0) is 20.6. The molecule has 4 aromatic rings. The molecule has 0 atom stereocenters. The minimum Gasteiger partial charge on any atom is -0.465 e. The molecule has 0 aliphatic carbocycles. The maximum absolute atomic E-state index is 13.5. The largest absolute Gasteiger partial charge is 0.465 e. The van der Waals surface area contributed by atoms with Gasteiger partial charge in [-0.1, -0.05) is 42.0 Å². The topological polar surface area (TPSA) is 78.3 Å². The summed E-state index contributed by atoms with van der Waals surface area (Å²) in [5, 5.41) is 0. The molecule has 7 heteroatoms. The van der Waals surface area contributed by atoms with Crippen LogP contribution in [0.15, 0.2) is 77.7 Å². The number of imidazole rings is 1. The van der Waals surface area contributed by atoms with Crippen molar-refractivity contribution in [3.8, 4) is 11.4 Å². The molecule has 146 valence electrons. The SMILES string of the molecule is COC(=O)c1ccc(-c2nc3ccccc3n2S(=O)(=O)c2ccc(C)cc2)cc1. The van der Waals surface area contributed by atoms with E-state index in [2.05, 4.69) is 4.98 Å². The number of esters is 1. The van der Waals surface area contributed by atoms with Crippen molar-refractivity contribution in [1.82, 2.24) is 8.96 Å². The number of ether oxygens (including phenoxy) is 1. The van der Waals surface area contributed by atoms with E-state index in [0.29, 0.717) is 22.2 Å². The summed E-state index contributed by atoms with van der Waals surface area (Å²) in [5.74, 6) is -0.180. The number of hydrogen-bond donors (Lipinski definition) is 0. The van der Waals surface area contributed by atoms with Crippen molar-refractivity contribution in [2.45, 2.75) is 11.8 Å². The average Bonchev–Trinajstić information content (AvgIpc) is 3.14. The number of rotatable bonds is 4. The van der Waals surface area contributed by atoms with Crippen LogP contribution in [-0.2, 0) is 14.8 Å². The van der Waals surface area contributed by atoms with Gasteiger partial charge in [0.15, 0.2) is 5.82 Å². The number of aromatic nitrogens is 2. The molecule has 0 saturated heterocycles. The van der Waals surface area contributed by atoms with E-state index in [0.717, 1.165) is 5.56 Å². The van der Waals surface area contributed by atoms with Gasteiger partial charge in [0.25, 0.3) is 10.0 Å². The third kappa shape index (κ3) is 3.30. The second-order valence-electron chi connectivity index (χ2n) is 6.58. The van der Waals surface area contributed by atoms with Crippen molar-refractivity contribution in [3.05, 3.63) is 83.9 Å². The van der Waals surface area contributed by atoms with Gasteiger partial charge in [0.1, 0.15) is 0 Å². The molecule has 0 aliphatic rings. The van der Waals surface area contributed by atoms with E-state index in [1.165, 1.54) is 11.1 Å². The summed E-state index contributed by atoms with van der Waals surface area (Å²) in [5.41, 5.74) is 2.97. The summed E-state index contributed by atoms with van der Waals surface area (Å²) in [6.07, 6.45) is 0. The third-order valence-corrected chi connectivity index (χ3v) is 6.36. The highest BCUT2D eigenvalue weighted by molar-refractivity contribution is 7.90. The fourth-order valence-corrected chi connectivity index (χ4v) is 4.60. The summed E-state index contributed by atoms with van der Waals surface area (Å²) in [7, 11) is -2.58. The van der Waals surface area contributed by atoms with Crippen molar-refractivity contribution in [1.29, 1.82) is 0 Å². The highest BCUT2D eigenvalue weighted by atomic mass is 32.2. The molecule has 3 aromatic carbocycles. The summed E-state index contributed by atoms with van der Waals surface area (Å²) in [6.45, 7) is 1.90. The first-order valence-electron chi connectivity index (χ1n) is 8.90. The molecular weight excluding hydrogens is 388 g/mol. The highest BCUT2D eigenvalue weighted by Gasteiger charge is 2.25. The lowest BCUT2D eigenvalue weighted by Gasteiger charge is -2.11. The fourth-order valence-electron chi connectivity index (χ4n) is 3.12. The van der Waals surface area contributed by atoms with Gasteiger partial charge >= 0.3 is 5.97 Å². The number of benzene rings is 3. The van der Waals surface area contributed by atoms with Crippen LogP contribution in [0.1, 0.15) is 15.9 Å². The molecule has 0 amide bonds. The van der Waals surface area contributed by atoms with Gasteiger partial charge in [0.05, 0.1) is 28.6 Å². The number of hydrogen-bond acceptors (Lipinski definition) is 5. The van der Waals surface area contributed by atoms with E-state index in [-0.39, 0.29) is 10.7 Å². The molecule has 0 radical (unpaired) electrons. The van der Waals surface area contributed by atoms with E-state index in [9.17, 15) is 13.2 Å². The number of para-hydroxylation sites is 2. The molecule has 0 aliphatic heterocycles. The standard InChI is InChI=1S/C22H18N2O4S/c1-15-7-13-18(14-8-15)29(26,27)24-20-6-4-3-5-19(20)23-21(24)16-9-11-17(12-10-16)22(25)28-2/h3-14H,1-2H3. The minimum absolute atomic E-state index is 0.179. The molecule has 1 heterocycles. The first kappa shape index (κ1) is 18.9. The van der Waals surface area contributed by atoms with Crippen LogP contribution in [-0.4, -0.2) is 30.5 Å². The van der Waals surface area contributed by atoms with Crippen molar-refractivity contribution in [3.63, 3.8) is 0 Å². The van der Waals surface area contributed by atoms with Crippen molar-refractivity contribution >= 4 is 27.0 Å². The van der Waals surface area contributed by atoms with Crippen LogP contribution in [0.4, 0.5) is 0 Å². The van der Waals surface area contributed by atoms with Crippen molar-refractivity contribution in [2.75, 3.05) is 7.11 Å². The Labute approximate surface area is 168 Å². The molecule has 0 spiro atoms. The molecule has 0 fully saturated rings. The molecule has 0 saturated carbocycles. The molecule has 1 aromatic heterocycles. The third-order valence-electron chi connectivity index (χ3n) is 4.64. The number of aryl methyl sites for hydroxylation is 1. The summed E-state index contributed by atoms with van der Waals surface area (Å²) in [4.78, 5) is 16.4. The molecule has 4 rings (SSSR count). The number of methoxy groups -OCH3 is 1. The zero-order valence-electron chi connectivity index (χ0n) is 15.9. The quantitative estimate of drug-likeness (QED) is 0.478. The van der Waals surface area contributed by atoms with Gasteiger partial charge in [0.2, 0.25) is 0 Å². The van der Waals surface area contributed by atoms with Crippen LogP contribution in [0.3, 0.4) is 0 Å². The number of carbonyl (C=O) groups is 1. The predicted molar refractivity (Wildman–Crippen MR) is 110 cm³/mol. The monoisotopic (exact) mass is 406 g/mol. The van der Waals surface area contributed by atoms with Gasteiger partial charge in [-0.05, 0) is 43.3 Å². The van der Waals surface area contributed by atoms with E-state index in [1.54, 1.807) is 66.7 Å². The molecule has 0 N–H and O–H groups in total. The Morgan fingerprint density at radius 1 is 0.931 bits per heavy atom. The Bertz CT molecular complexity index is 1310. The Morgan fingerprint density at radius 2 is 1.59 bits per heavy atom. The van der Waals surface area contributed by atoms with E-state index < -0.39 is 16.0 Å². The normalized spacial score (nSPS) is 11.5. The molecule has 0 bridgehead atoms. The summed E-state index contributed by atoms with van der Waals surface area (Å²) in [6, 6.07) is 20.3. The van der Waals surface area contributed by atoms with Gasteiger partial charge < -0.3 is 4.74 Å². The van der Waals surface area contributed by atoms with Crippen LogP contribution >= 0.6 is 0 Å². The summed E-state index contributed by atoms with van der Waals surface area (Å²) >= 11 is 0. The van der Waals surface area contributed by atoms with E-state index >= 15 is 0 Å². The Kier molecular flexibility index (Phi) is 4.68. The molecule has 6 nitrogen and oxygen atoms in total. The van der Waals surface area contributed by atoms with Crippen molar-refractivity contribution < 1.29 is 17.9 Å². The highest BCUT2D eigenvalue weighted by Crippen LogP contribution is 2.29. The fraction of sp³-hybridized carbons (Fsp3) is 0.0909. The van der Waals surface area contributed by atoms with Crippen LogP contribution in [0, 0.1) is 6.92 Å². The number of fused-ring (bicyclic) bond motifs is 1. The lowest BCUT2D eigenvalue weighted by molar-refractivity contribution is 0.0600. The smallest absolute Gasteiger partial charge is 0.337 e. The molecular formula is C22H18N2O4S. The van der Waals surface area contributed by atoms with Crippen LogP contribution in [0.2, 0.25) is 0 Å². The second kappa shape index (κ2) is 7.18. The Balaban J connectivity index is 1.94. The Hall–Kier alpha value is -3.45. The van der Waals surface area contributed by atoms with Gasteiger partial charge in [-0.25, -0.2) is 22.2 Å². The second-order valence-corrected chi connectivity index (χ2v) is 8.36. The molecule has 0 unspecified atom stereocenters. The van der Waals surface area contributed by atoms with E-state index in [1.807, 2.05) is 13.0 Å². The Morgan fingerprint density at radius 3 is 2.24 bits per heavy atom.